The standard InChI is InChI=1S/C18H23NO2/c1-13-4-6-14(7-5-13)18(21)15-8-10-16(11-9-15)19-12-2-3-17(19)20/h8-11,13-14H,2-7,12H2,1H3. The van der Waals surface area contributed by atoms with Crippen LogP contribution in [0.5, 0.6) is 0 Å². The number of benzene rings is 1. The van der Waals surface area contributed by atoms with Gasteiger partial charge in [0.2, 0.25) is 5.91 Å². The quantitative estimate of drug-likeness (QED) is 0.792. The van der Waals surface area contributed by atoms with E-state index in [-0.39, 0.29) is 17.6 Å². The molecule has 1 heterocycles. The van der Waals surface area contributed by atoms with Gasteiger partial charge in [-0.2, -0.15) is 0 Å². The Labute approximate surface area is 126 Å². The summed E-state index contributed by atoms with van der Waals surface area (Å²) in [4.78, 5) is 26.1. The lowest BCUT2D eigenvalue weighted by atomic mass is 9.79. The van der Waals surface area contributed by atoms with E-state index in [9.17, 15) is 9.59 Å². The highest BCUT2D eigenvalue weighted by atomic mass is 16.2. The normalized spacial score (nSPS) is 26.1. The molecule has 0 unspecified atom stereocenters. The van der Waals surface area contributed by atoms with E-state index in [2.05, 4.69) is 6.92 Å². The molecule has 0 atom stereocenters. The Morgan fingerprint density at radius 2 is 1.76 bits per heavy atom. The highest BCUT2D eigenvalue weighted by Crippen LogP contribution is 2.31. The van der Waals surface area contributed by atoms with Crippen LogP contribution < -0.4 is 4.90 Å². The first-order valence-corrected chi connectivity index (χ1v) is 8.10. The summed E-state index contributed by atoms with van der Waals surface area (Å²) in [5.74, 6) is 1.43. The molecular weight excluding hydrogens is 262 g/mol. The van der Waals surface area contributed by atoms with Gasteiger partial charge in [-0.1, -0.05) is 19.8 Å². The summed E-state index contributed by atoms with van der Waals surface area (Å²) < 4.78 is 0. The molecule has 3 rings (SSSR count). The van der Waals surface area contributed by atoms with Crippen molar-refractivity contribution in [1.82, 2.24) is 0 Å². The SMILES string of the molecule is CC1CCC(C(=O)c2ccc(N3CCCC3=O)cc2)CC1. The molecule has 21 heavy (non-hydrogen) atoms. The van der Waals surface area contributed by atoms with E-state index in [4.69, 9.17) is 0 Å². The molecule has 0 radical (unpaired) electrons. The number of rotatable bonds is 3. The van der Waals surface area contributed by atoms with Crippen molar-refractivity contribution in [2.75, 3.05) is 11.4 Å². The number of hydrogen-bond acceptors (Lipinski definition) is 2. The van der Waals surface area contributed by atoms with Gasteiger partial charge in [-0.15, -0.1) is 0 Å². The number of anilines is 1. The third-order valence-corrected chi connectivity index (χ3v) is 4.92. The number of hydrogen-bond donors (Lipinski definition) is 0. The van der Waals surface area contributed by atoms with Crippen LogP contribution >= 0.6 is 0 Å². The Balaban J connectivity index is 1.69. The second-order valence-electron chi connectivity index (χ2n) is 6.52. The lowest BCUT2D eigenvalue weighted by molar-refractivity contribution is -0.117. The monoisotopic (exact) mass is 285 g/mol. The van der Waals surface area contributed by atoms with Crippen LogP contribution in [-0.4, -0.2) is 18.2 Å². The lowest BCUT2D eigenvalue weighted by Crippen LogP contribution is -2.24. The van der Waals surface area contributed by atoms with Crippen LogP contribution in [-0.2, 0) is 4.79 Å². The number of Topliss-reactive ketones (excluding diaryl/α,β-unsaturated/α-hetero) is 1. The highest BCUT2D eigenvalue weighted by Gasteiger charge is 2.26. The van der Waals surface area contributed by atoms with Crippen molar-refractivity contribution in [3.05, 3.63) is 29.8 Å². The highest BCUT2D eigenvalue weighted by molar-refractivity contribution is 5.99. The molecule has 1 amide bonds. The van der Waals surface area contributed by atoms with Gasteiger partial charge >= 0.3 is 0 Å². The molecule has 1 aliphatic carbocycles. The average molecular weight is 285 g/mol. The van der Waals surface area contributed by atoms with E-state index in [0.717, 1.165) is 55.8 Å². The zero-order chi connectivity index (χ0) is 14.8. The van der Waals surface area contributed by atoms with Crippen LogP contribution in [0, 0.1) is 11.8 Å². The minimum atomic E-state index is 0.190. The van der Waals surface area contributed by atoms with E-state index in [1.807, 2.05) is 29.2 Å². The lowest BCUT2D eigenvalue weighted by Gasteiger charge is -2.25. The number of carbonyl (C=O) groups excluding carboxylic acids is 2. The molecule has 112 valence electrons. The number of nitrogens with zero attached hydrogens (tertiary/aromatic N) is 1. The Morgan fingerprint density at radius 3 is 2.33 bits per heavy atom. The van der Waals surface area contributed by atoms with Gasteiger partial charge in [0.15, 0.2) is 5.78 Å². The van der Waals surface area contributed by atoms with Crippen molar-refractivity contribution in [3.8, 4) is 0 Å². The van der Waals surface area contributed by atoms with Gasteiger partial charge in [-0.3, -0.25) is 9.59 Å². The Morgan fingerprint density at radius 1 is 1.10 bits per heavy atom. The molecule has 0 aromatic heterocycles. The summed E-state index contributed by atoms with van der Waals surface area (Å²) in [6, 6.07) is 7.62. The second-order valence-corrected chi connectivity index (χ2v) is 6.52. The van der Waals surface area contributed by atoms with Crippen LogP contribution in [0.2, 0.25) is 0 Å². The smallest absolute Gasteiger partial charge is 0.227 e. The van der Waals surface area contributed by atoms with Crippen LogP contribution in [0.1, 0.15) is 55.8 Å². The van der Waals surface area contributed by atoms with Gasteiger partial charge in [-0.05, 0) is 49.4 Å². The van der Waals surface area contributed by atoms with Gasteiger partial charge in [-0.25, -0.2) is 0 Å². The predicted molar refractivity (Wildman–Crippen MR) is 83.5 cm³/mol. The minimum absolute atomic E-state index is 0.190. The first-order chi connectivity index (χ1) is 10.1. The number of carbonyl (C=O) groups is 2. The van der Waals surface area contributed by atoms with E-state index in [0.29, 0.717) is 6.42 Å². The fraction of sp³-hybridized carbons (Fsp3) is 0.556. The minimum Gasteiger partial charge on any atom is -0.312 e. The summed E-state index contributed by atoms with van der Waals surface area (Å²) in [5, 5.41) is 0. The largest absolute Gasteiger partial charge is 0.312 e. The molecule has 2 fully saturated rings. The van der Waals surface area contributed by atoms with Crippen molar-refractivity contribution in [1.29, 1.82) is 0 Å². The summed E-state index contributed by atoms with van der Waals surface area (Å²) in [6.45, 7) is 3.06. The van der Waals surface area contributed by atoms with Crippen LogP contribution in [0.3, 0.4) is 0 Å². The van der Waals surface area contributed by atoms with Crippen LogP contribution in [0.15, 0.2) is 24.3 Å². The maximum absolute atomic E-state index is 12.5. The van der Waals surface area contributed by atoms with E-state index in [1.54, 1.807) is 0 Å². The van der Waals surface area contributed by atoms with Crippen molar-refractivity contribution >= 4 is 17.4 Å². The fourth-order valence-corrected chi connectivity index (χ4v) is 3.48. The molecule has 0 bridgehead atoms. The molecule has 3 nitrogen and oxygen atoms in total. The van der Waals surface area contributed by atoms with E-state index in [1.165, 1.54) is 0 Å². The van der Waals surface area contributed by atoms with Crippen molar-refractivity contribution in [2.24, 2.45) is 11.8 Å². The molecule has 1 saturated carbocycles. The van der Waals surface area contributed by atoms with E-state index < -0.39 is 0 Å². The molecule has 0 N–H and O–H groups in total. The maximum Gasteiger partial charge on any atom is 0.227 e. The van der Waals surface area contributed by atoms with Gasteiger partial charge < -0.3 is 4.90 Å². The molecule has 1 aromatic rings. The summed E-state index contributed by atoms with van der Waals surface area (Å²) >= 11 is 0. The van der Waals surface area contributed by atoms with Crippen LogP contribution in [0.25, 0.3) is 0 Å². The Kier molecular flexibility index (Phi) is 4.09. The van der Waals surface area contributed by atoms with Gasteiger partial charge in [0, 0.05) is 30.1 Å². The average Bonchev–Trinajstić information content (AvgIpc) is 2.94. The molecule has 0 spiro atoms. The van der Waals surface area contributed by atoms with Gasteiger partial charge in [0.1, 0.15) is 0 Å². The van der Waals surface area contributed by atoms with Crippen LogP contribution in [0.4, 0.5) is 5.69 Å². The van der Waals surface area contributed by atoms with E-state index >= 15 is 0 Å². The number of amides is 1. The third kappa shape index (κ3) is 3.02. The summed E-state index contributed by atoms with van der Waals surface area (Å²) in [5.41, 5.74) is 1.72. The molecule has 1 aromatic carbocycles. The molecule has 3 heteroatoms. The zero-order valence-electron chi connectivity index (χ0n) is 12.7. The molecule has 1 saturated heterocycles. The zero-order valence-corrected chi connectivity index (χ0v) is 12.7. The Bertz CT molecular complexity index is 527. The van der Waals surface area contributed by atoms with Gasteiger partial charge in [0.05, 0.1) is 0 Å². The van der Waals surface area contributed by atoms with Crippen molar-refractivity contribution < 1.29 is 9.59 Å². The third-order valence-electron chi connectivity index (χ3n) is 4.92. The number of ketones is 1. The predicted octanol–water partition coefficient (Wildman–Crippen LogP) is 3.82. The summed E-state index contributed by atoms with van der Waals surface area (Å²) in [6.07, 6.45) is 5.94. The Hall–Kier alpha value is -1.64. The topological polar surface area (TPSA) is 37.4 Å². The van der Waals surface area contributed by atoms with Gasteiger partial charge in [0.25, 0.3) is 0 Å². The second kappa shape index (κ2) is 6.00. The molecule has 1 aliphatic heterocycles. The molecular formula is C18H23NO2. The molecule has 2 aliphatic rings. The first kappa shape index (κ1) is 14.3. The van der Waals surface area contributed by atoms with Crippen molar-refractivity contribution in [2.45, 2.75) is 45.4 Å². The van der Waals surface area contributed by atoms with Crippen molar-refractivity contribution in [3.63, 3.8) is 0 Å². The maximum atomic E-state index is 12.5. The fourth-order valence-electron chi connectivity index (χ4n) is 3.48. The first-order valence-electron chi connectivity index (χ1n) is 8.10. The summed E-state index contributed by atoms with van der Waals surface area (Å²) in [7, 11) is 0.